The monoisotopic (exact) mass is 225 g/mol. The third-order valence-corrected chi connectivity index (χ3v) is 2.59. The molecule has 0 bridgehead atoms. The summed E-state index contributed by atoms with van der Waals surface area (Å²) in [6.45, 7) is 2.40. The lowest BCUT2D eigenvalue weighted by Gasteiger charge is -2.11. The molecule has 90 valence electrons. The molecular weight excluding hydrogens is 206 g/mol. The molecule has 0 amide bonds. The number of nitrogens with one attached hydrogen (secondary N) is 2. The highest BCUT2D eigenvalue weighted by atomic mass is 16.5. The van der Waals surface area contributed by atoms with Crippen molar-refractivity contribution in [1.29, 1.82) is 0 Å². The van der Waals surface area contributed by atoms with Gasteiger partial charge in [-0.05, 0) is 18.8 Å². The van der Waals surface area contributed by atoms with E-state index in [0.717, 1.165) is 18.3 Å². The van der Waals surface area contributed by atoms with Gasteiger partial charge in [-0.25, -0.2) is 4.98 Å². The molecule has 2 rings (SSSR count). The molecule has 1 aliphatic rings. The minimum Gasteiger partial charge on any atom is -0.389 e. The maximum absolute atomic E-state index is 9.59. The number of imidazole rings is 1. The Morgan fingerprint density at radius 2 is 2.50 bits per heavy atom. The van der Waals surface area contributed by atoms with Crippen LogP contribution in [0.2, 0.25) is 0 Å². The maximum Gasteiger partial charge on any atom is 0.120 e. The molecule has 1 aromatic heterocycles. The Labute approximate surface area is 95.2 Å². The van der Waals surface area contributed by atoms with Gasteiger partial charge in [0.05, 0.1) is 19.3 Å². The van der Waals surface area contributed by atoms with Crippen molar-refractivity contribution >= 4 is 0 Å². The zero-order valence-electron chi connectivity index (χ0n) is 9.35. The van der Waals surface area contributed by atoms with Gasteiger partial charge in [0.25, 0.3) is 0 Å². The van der Waals surface area contributed by atoms with Crippen LogP contribution in [0.15, 0.2) is 12.4 Å². The van der Waals surface area contributed by atoms with Crippen LogP contribution < -0.4 is 5.32 Å². The van der Waals surface area contributed by atoms with Crippen molar-refractivity contribution in [2.24, 2.45) is 5.92 Å². The van der Waals surface area contributed by atoms with Crippen molar-refractivity contribution < 1.29 is 9.84 Å². The molecule has 1 aliphatic carbocycles. The van der Waals surface area contributed by atoms with Gasteiger partial charge in [-0.1, -0.05) is 0 Å². The molecule has 1 atom stereocenters. The van der Waals surface area contributed by atoms with E-state index in [-0.39, 0.29) is 0 Å². The number of aliphatic hydroxyl groups is 1. The highest BCUT2D eigenvalue weighted by Crippen LogP contribution is 2.28. The minimum absolute atomic E-state index is 0.418. The van der Waals surface area contributed by atoms with Gasteiger partial charge in [-0.3, -0.25) is 0 Å². The van der Waals surface area contributed by atoms with E-state index in [1.54, 1.807) is 12.4 Å². The lowest BCUT2D eigenvalue weighted by molar-refractivity contribution is 0.0323. The largest absolute Gasteiger partial charge is 0.389 e. The smallest absolute Gasteiger partial charge is 0.120 e. The number of hydrogen-bond acceptors (Lipinski definition) is 4. The van der Waals surface area contributed by atoms with E-state index in [9.17, 15) is 5.11 Å². The molecule has 3 N–H and O–H groups in total. The summed E-state index contributed by atoms with van der Waals surface area (Å²) in [6, 6.07) is 0. The predicted molar refractivity (Wildman–Crippen MR) is 59.8 cm³/mol. The normalized spacial score (nSPS) is 17.6. The molecule has 5 nitrogen and oxygen atoms in total. The van der Waals surface area contributed by atoms with Crippen LogP contribution in [0.5, 0.6) is 0 Å². The van der Waals surface area contributed by atoms with E-state index in [0.29, 0.717) is 19.7 Å². The molecule has 0 radical (unpaired) electrons. The molecule has 1 heterocycles. The lowest BCUT2D eigenvalue weighted by Crippen LogP contribution is -2.30. The Balaban J connectivity index is 1.48. The van der Waals surface area contributed by atoms with E-state index in [1.807, 2.05) is 0 Å². The van der Waals surface area contributed by atoms with Crippen LogP contribution in [0.25, 0.3) is 0 Å². The van der Waals surface area contributed by atoms with Gasteiger partial charge in [0.1, 0.15) is 5.82 Å². The van der Waals surface area contributed by atoms with E-state index in [4.69, 9.17) is 4.74 Å². The van der Waals surface area contributed by atoms with Crippen molar-refractivity contribution in [2.75, 3.05) is 19.8 Å². The number of aliphatic hydroxyl groups excluding tert-OH is 1. The summed E-state index contributed by atoms with van der Waals surface area (Å²) in [7, 11) is 0. The number of ether oxygens (including phenoxy) is 1. The van der Waals surface area contributed by atoms with Crippen molar-refractivity contribution in [1.82, 2.24) is 15.3 Å². The fourth-order valence-electron chi connectivity index (χ4n) is 1.47. The van der Waals surface area contributed by atoms with Gasteiger partial charge in [0.2, 0.25) is 0 Å². The average molecular weight is 225 g/mol. The Morgan fingerprint density at radius 1 is 1.62 bits per heavy atom. The van der Waals surface area contributed by atoms with E-state index < -0.39 is 6.10 Å². The van der Waals surface area contributed by atoms with Gasteiger partial charge < -0.3 is 20.1 Å². The molecule has 1 fully saturated rings. The van der Waals surface area contributed by atoms with Crippen LogP contribution >= 0.6 is 0 Å². The molecule has 1 aromatic rings. The molecule has 1 unspecified atom stereocenters. The average Bonchev–Trinajstić information content (AvgIpc) is 2.94. The van der Waals surface area contributed by atoms with Crippen molar-refractivity contribution in [3.05, 3.63) is 18.2 Å². The molecule has 16 heavy (non-hydrogen) atoms. The van der Waals surface area contributed by atoms with Crippen molar-refractivity contribution in [3.63, 3.8) is 0 Å². The number of rotatable bonds is 8. The van der Waals surface area contributed by atoms with Gasteiger partial charge >= 0.3 is 0 Å². The zero-order valence-corrected chi connectivity index (χ0v) is 9.35. The van der Waals surface area contributed by atoms with Crippen LogP contribution in [-0.4, -0.2) is 40.9 Å². The lowest BCUT2D eigenvalue weighted by atomic mass is 10.3. The van der Waals surface area contributed by atoms with Crippen LogP contribution in [0, 0.1) is 5.92 Å². The summed E-state index contributed by atoms with van der Waals surface area (Å²) >= 11 is 0. The van der Waals surface area contributed by atoms with Crippen LogP contribution in [0.4, 0.5) is 0 Å². The number of hydrogen-bond donors (Lipinski definition) is 3. The Morgan fingerprint density at radius 3 is 3.19 bits per heavy atom. The first-order chi connectivity index (χ1) is 7.84. The van der Waals surface area contributed by atoms with Crippen molar-refractivity contribution in [2.45, 2.75) is 25.5 Å². The van der Waals surface area contributed by atoms with Crippen LogP contribution in [0.3, 0.4) is 0 Å². The summed E-state index contributed by atoms with van der Waals surface area (Å²) in [4.78, 5) is 7.07. The molecule has 0 aliphatic heterocycles. The Hall–Kier alpha value is -0.910. The summed E-state index contributed by atoms with van der Waals surface area (Å²) in [6.07, 6.45) is 5.63. The first-order valence-electron chi connectivity index (χ1n) is 5.79. The third-order valence-electron chi connectivity index (χ3n) is 2.59. The summed E-state index contributed by atoms with van der Waals surface area (Å²) < 4.78 is 5.39. The summed E-state index contributed by atoms with van der Waals surface area (Å²) in [5, 5.41) is 12.7. The fraction of sp³-hybridized carbons (Fsp3) is 0.727. The Bertz CT molecular complexity index is 285. The third kappa shape index (κ3) is 4.30. The van der Waals surface area contributed by atoms with Gasteiger partial charge in [0, 0.05) is 25.5 Å². The fourth-order valence-corrected chi connectivity index (χ4v) is 1.47. The van der Waals surface area contributed by atoms with Gasteiger partial charge in [0.15, 0.2) is 0 Å². The van der Waals surface area contributed by atoms with Crippen LogP contribution in [-0.2, 0) is 11.3 Å². The second kappa shape index (κ2) is 5.98. The van der Waals surface area contributed by atoms with Crippen molar-refractivity contribution in [3.8, 4) is 0 Å². The number of nitrogens with zero attached hydrogens (tertiary/aromatic N) is 1. The summed E-state index contributed by atoms with van der Waals surface area (Å²) in [5.74, 6) is 1.63. The molecule has 0 saturated heterocycles. The number of H-pyrrole nitrogens is 1. The second-order valence-corrected chi connectivity index (χ2v) is 4.30. The first-order valence-corrected chi connectivity index (χ1v) is 5.79. The number of aromatic nitrogens is 2. The van der Waals surface area contributed by atoms with Crippen LogP contribution in [0.1, 0.15) is 18.7 Å². The van der Waals surface area contributed by atoms with Gasteiger partial charge in [-0.2, -0.15) is 0 Å². The first kappa shape index (κ1) is 11.6. The van der Waals surface area contributed by atoms with E-state index in [2.05, 4.69) is 15.3 Å². The van der Waals surface area contributed by atoms with Gasteiger partial charge in [-0.15, -0.1) is 0 Å². The number of aromatic amines is 1. The highest BCUT2D eigenvalue weighted by Gasteiger charge is 2.21. The second-order valence-electron chi connectivity index (χ2n) is 4.30. The maximum atomic E-state index is 9.59. The van der Waals surface area contributed by atoms with E-state index >= 15 is 0 Å². The zero-order chi connectivity index (χ0) is 11.2. The summed E-state index contributed by atoms with van der Waals surface area (Å²) in [5.41, 5.74) is 0. The molecule has 1 saturated carbocycles. The molecule has 5 heteroatoms. The SMILES string of the molecule is OC(CNCc1ncc[nH]1)COCC1CC1. The highest BCUT2D eigenvalue weighted by molar-refractivity contribution is 4.86. The molecule has 0 aromatic carbocycles. The predicted octanol–water partition coefficient (Wildman–Crippen LogP) is 0.287. The standard InChI is InChI=1S/C11H19N3O2/c15-10(8-16-7-9-1-2-9)5-12-6-11-13-3-4-14-11/h3-4,9-10,12,15H,1-2,5-8H2,(H,13,14). The topological polar surface area (TPSA) is 70.2 Å². The van der Waals surface area contributed by atoms with E-state index in [1.165, 1.54) is 12.8 Å². The minimum atomic E-state index is -0.436. The Kier molecular flexibility index (Phi) is 4.33. The molecular formula is C11H19N3O2. The molecule has 0 spiro atoms. The quantitative estimate of drug-likeness (QED) is 0.594.